The first-order valence-corrected chi connectivity index (χ1v) is 8.75. The highest BCUT2D eigenvalue weighted by Gasteiger charge is 2.24. The number of hydrogen-bond donors (Lipinski definition) is 0. The van der Waals surface area contributed by atoms with Crippen LogP contribution in [0.2, 0.25) is 0 Å². The molecule has 0 aliphatic carbocycles. The molecule has 0 saturated heterocycles. The Morgan fingerprint density at radius 1 is 1.42 bits per heavy atom. The zero-order valence-corrected chi connectivity index (χ0v) is 14.2. The van der Waals surface area contributed by atoms with E-state index in [2.05, 4.69) is 20.2 Å². The van der Waals surface area contributed by atoms with Crippen molar-refractivity contribution in [3.8, 4) is 17.5 Å². The predicted molar refractivity (Wildman–Crippen MR) is 88.5 cm³/mol. The summed E-state index contributed by atoms with van der Waals surface area (Å²) in [6.45, 7) is 1.83. The molecule has 0 amide bonds. The molecule has 0 bridgehead atoms. The molecule has 0 aliphatic heterocycles. The molecule has 0 aliphatic rings. The van der Waals surface area contributed by atoms with Crippen LogP contribution in [0, 0.1) is 18.3 Å². The van der Waals surface area contributed by atoms with Gasteiger partial charge in [0, 0.05) is 29.0 Å². The second-order valence-electron chi connectivity index (χ2n) is 4.75. The summed E-state index contributed by atoms with van der Waals surface area (Å²) in [6, 6.07) is 5.52. The van der Waals surface area contributed by atoms with Gasteiger partial charge in [0.05, 0.1) is 11.8 Å². The van der Waals surface area contributed by atoms with Crippen LogP contribution >= 0.6 is 23.1 Å². The van der Waals surface area contributed by atoms with Crippen molar-refractivity contribution < 1.29 is 9.21 Å². The molecule has 3 heterocycles. The van der Waals surface area contributed by atoms with Crippen LogP contribution in [0.5, 0.6) is 0 Å². The Morgan fingerprint density at radius 3 is 2.88 bits per heavy atom. The Hall–Kier alpha value is -2.57. The van der Waals surface area contributed by atoms with Crippen molar-refractivity contribution in [2.75, 3.05) is 5.75 Å². The van der Waals surface area contributed by atoms with E-state index in [1.165, 1.54) is 11.3 Å². The summed E-state index contributed by atoms with van der Waals surface area (Å²) in [5, 5.41) is 19.7. The highest BCUT2D eigenvalue weighted by molar-refractivity contribution is 7.99. The van der Waals surface area contributed by atoms with Crippen molar-refractivity contribution in [1.29, 1.82) is 5.26 Å². The van der Waals surface area contributed by atoms with Gasteiger partial charge in [-0.1, -0.05) is 11.8 Å². The Balaban J connectivity index is 1.64. The monoisotopic (exact) mass is 357 g/mol. The van der Waals surface area contributed by atoms with Gasteiger partial charge < -0.3 is 4.42 Å². The van der Waals surface area contributed by atoms with Crippen LogP contribution in [0.1, 0.15) is 16.6 Å². The third kappa shape index (κ3) is 3.67. The van der Waals surface area contributed by atoms with E-state index in [0.29, 0.717) is 10.9 Å². The van der Waals surface area contributed by atoms with E-state index in [4.69, 9.17) is 4.42 Å². The molecular formula is C15H11N5O2S2. The van der Waals surface area contributed by atoms with Crippen LogP contribution in [-0.2, 0) is 4.79 Å². The number of ketones is 1. The number of thiazole rings is 1. The normalized spacial score (nSPS) is 11.8. The third-order valence-corrected chi connectivity index (χ3v) is 4.87. The van der Waals surface area contributed by atoms with Gasteiger partial charge in [0.25, 0.3) is 5.22 Å². The van der Waals surface area contributed by atoms with Crippen molar-refractivity contribution in [3.05, 3.63) is 40.6 Å². The maximum atomic E-state index is 12.3. The van der Waals surface area contributed by atoms with E-state index in [0.717, 1.165) is 23.0 Å². The summed E-state index contributed by atoms with van der Waals surface area (Å²) in [7, 11) is 0. The number of carbonyl (C=O) groups excluding carboxylic acids is 1. The van der Waals surface area contributed by atoms with Gasteiger partial charge in [-0.05, 0) is 19.1 Å². The molecular weight excluding hydrogens is 346 g/mol. The topological polar surface area (TPSA) is 106 Å². The summed E-state index contributed by atoms with van der Waals surface area (Å²) in [6.07, 6.45) is 3.26. The number of nitriles is 1. The summed E-state index contributed by atoms with van der Waals surface area (Å²) in [5.74, 6) is -0.673. The molecule has 24 heavy (non-hydrogen) atoms. The van der Waals surface area contributed by atoms with Crippen molar-refractivity contribution >= 4 is 28.9 Å². The van der Waals surface area contributed by atoms with Crippen molar-refractivity contribution in [3.63, 3.8) is 0 Å². The van der Waals surface area contributed by atoms with Crippen LogP contribution in [-0.4, -0.2) is 31.7 Å². The zero-order chi connectivity index (χ0) is 16.9. The fourth-order valence-electron chi connectivity index (χ4n) is 1.87. The highest BCUT2D eigenvalue weighted by atomic mass is 32.2. The zero-order valence-electron chi connectivity index (χ0n) is 12.5. The molecule has 0 fully saturated rings. The lowest BCUT2D eigenvalue weighted by atomic mass is 10.1. The molecule has 0 spiro atoms. The number of pyridine rings is 1. The molecule has 0 radical (unpaired) electrons. The lowest BCUT2D eigenvalue weighted by molar-refractivity contribution is -0.116. The van der Waals surface area contributed by atoms with Crippen LogP contribution in [0.4, 0.5) is 0 Å². The van der Waals surface area contributed by atoms with Crippen LogP contribution in [0.15, 0.2) is 39.5 Å². The fraction of sp³-hybridized carbons (Fsp3) is 0.200. The van der Waals surface area contributed by atoms with Gasteiger partial charge in [0.15, 0.2) is 11.7 Å². The molecule has 0 N–H and O–H groups in total. The van der Waals surface area contributed by atoms with Crippen LogP contribution in [0.3, 0.4) is 0 Å². The second kappa shape index (κ2) is 7.33. The molecule has 1 unspecified atom stereocenters. The average Bonchev–Trinajstić information content (AvgIpc) is 3.24. The minimum Gasteiger partial charge on any atom is -0.411 e. The molecule has 9 heteroatoms. The van der Waals surface area contributed by atoms with Gasteiger partial charge >= 0.3 is 0 Å². The Bertz CT molecular complexity index is 885. The maximum Gasteiger partial charge on any atom is 0.277 e. The summed E-state index contributed by atoms with van der Waals surface area (Å²) in [5.41, 5.74) is 1.55. The molecule has 3 aromatic heterocycles. The second-order valence-corrected chi connectivity index (χ2v) is 6.57. The predicted octanol–water partition coefficient (Wildman–Crippen LogP) is 2.87. The molecule has 120 valence electrons. The molecule has 3 aromatic rings. The molecule has 3 rings (SSSR count). The van der Waals surface area contributed by atoms with Crippen molar-refractivity contribution in [2.24, 2.45) is 0 Å². The Kier molecular flexibility index (Phi) is 4.98. The number of nitrogens with zero attached hydrogens (tertiary/aromatic N) is 5. The molecule has 1 atom stereocenters. The fourth-order valence-corrected chi connectivity index (χ4v) is 3.39. The lowest BCUT2D eigenvalue weighted by Crippen LogP contribution is -2.13. The number of aromatic nitrogens is 4. The standard InChI is InChI=1S/C15H11N5O2S2/c1-9-7-23-14(18-9)11(6-16)12(21)8-24-15-20-19-13(22-15)10-2-4-17-5-3-10/h2-5,7,11H,8H2,1H3. The van der Waals surface area contributed by atoms with Gasteiger partial charge in [-0.25, -0.2) is 4.98 Å². The number of hydrogen-bond acceptors (Lipinski definition) is 9. The summed E-state index contributed by atoms with van der Waals surface area (Å²) < 4.78 is 5.51. The van der Waals surface area contributed by atoms with Gasteiger partial charge in [0.2, 0.25) is 5.89 Å². The maximum absolute atomic E-state index is 12.3. The minimum atomic E-state index is -0.862. The van der Waals surface area contributed by atoms with E-state index < -0.39 is 5.92 Å². The van der Waals surface area contributed by atoms with Gasteiger partial charge in [-0.15, -0.1) is 21.5 Å². The van der Waals surface area contributed by atoms with E-state index in [-0.39, 0.29) is 16.8 Å². The van der Waals surface area contributed by atoms with Gasteiger partial charge in [-0.3, -0.25) is 9.78 Å². The first-order valence-electron chi connectivity index (χ1n) is 6.88. The molecule has 0 saturated carbocycles. The largest absolute Gasteiger partial charge is 0.411 e. The quantitative estimate of drug-likeness (QED) is 0.620. The summed E-state index contributed by atoms with van der Waals surface area (Å²) >= 11 is 2.42. The SMILES string of the molecule is Cc1csc(C(C#N)C(=O)CSc2nnc(-c3ccncc3)o2)n1. The highest BCUT2D eigenvalue weighted by Crippen LogP contribution is 2.26. The van der Waals surface area contributed by atoms with E-state index >= 15 is 0 Å². The number of carbonyl (C=O) groups is 1. The Morgan fingerprint density at radius 2 is 2.21 bits per heavy atom. The van der Waals surface area contributed by atoms with E-state index in [1.807, 2.05) is 18.4 Å². The number of Topliss-reactive ketones (excluding diaryl/α,β-unsaturated/α-hetero) is 1. The van der Waals surface area contributed by atoms with Crippen LogP contribution in [0.25, 0.3) is 11.5 Å². The first-order chi connectivity index (χ1) is 11.7. The van der Waals surface area contributed by atoms with Gasteiger partial charge in [0.1, 0.15) is 5.01 Å². The minimum absolute atomic E-state index is 0.0643. The van der Waals surface area contributed by atoms with Crippen molar-refractivity contribution in [2.45, 2.75) is 18.1 Å². The summed E-state index contributed by atoms with van der Waals surface area (Å²) in [4.78, 5) is 20.4. The third-order valence-electron chi connectivity index (χ3n) is 3.01. The van der Waals surface area contributed by atoms with Crippen molar-refractivity contribution in [1.82, 2.24) is 20.2 Å². The first kappa shape index (κ1) is 16.3. The van der Waals surface area contributed by atoms with Crippen LogP contribution < -0.4 is 0 Å². The average molecular weight is 357 g/mol. The number of aryl methyl sites for hydroxylation is 1. The van der Waals surface area contributed by atoms with Gasteiger partial charge in [-0.2, -0.15) is 5.26 Å². The van der Waals surface area contributed by atoms with E-state index in [1.54, 1.807) is 24.5 Å². The molecule has 7 nitrogen and oxygen atoms in total. The lowest BCUT2D eigenvalue weighted by Gasteiger charge is -2.02. The Labute approximate surface area is 145 Å². The number of thioether (sulfide) groups is 1. The van der Waals surface area contributed by atoms with E-state index in [9.17, 15) is 10.1 Å². The molecule has 0 aromatic carbocycles. The number of rotatable bonds is 6. The smallest absolute Gasteiger partial charge is 0.277 e.